The van der Waals surface area contributed by atoms with Crippen LogP contribution in [-0.2, 0) is 4.79 Å². The number of rotatable bonds is 4. The van der Waals surface area contributed by atoms with Crippen molar-refractivity contribution in [3.8, 4) is 0 Å². The van der Waals surface area contributed by atoms with Crippen LogP contribution in [0.25, 0.3) is 0 Å². The van der Waals surface area contributed by atoms with E-state index in [0.717, 1.165) is 12.0 Å². The van der Waals surface area contributed by atoms with Crippen LogP contribution < -0.4 is 5.32 Å². The van der Waals surface area contributed by atoms with Gasteiger partial charge in [0.1, 0.15) is 0 Å². The number of non-ortho nitro benzene ring substituents is 1. The monoisotopic (exact) mass is 277 g/mol. The number of nitrogens with zero attached hydrogens (tertiary/aromatic N) is 2. The van der Waals surface area contributed by atoms with Gasteiger partial charge in [-0.1, -0.05) is 12.1 Å². The molecule has 1 amide bonds. The van der Waals surface area contributed by atoms with Crippen LogP contribution in [0.1, 0.15) is 31.4 Å². The summed E-state index contributed by atoms with van der Waals surface area (Å²) < 4.78 is 0. The van der Waals surface area contributed by atoms with Gasteiger partial charge in [-0.05, 0) is 18.9 Å². The Bertz CT molecular complexity index is 501. The van der Waals surface area contributed by atoms with Gasteiger partial charge in [-0.2, -0.15) is 0 Å². The van der Waals surface area contributed by atoms with Crippen molar-refractivity contribution in [3.63, 3.8) is 0 Å². The Hall–Kier alpha value is -1.95. The molecular formula is C14H19N3O3. The molecule has 1 saturated heterocycles. The first-order valence-electron chi connectivity index (χ1n) is 6.71. The molecule has 1 aliphatic heterocycles. The molecule has 20 heavy (non-hydrogen) atoms. The smallest absolute Gasteiger partial charge is 0.269 e. The number of likely N-dealkylation sites (tertiary alicyclic amines) is 1. The van der Waals surface area contributed by atoms with Gasteiger partial charge in [0.2, 0.25) is 5.91 Å². The second kappa shape index (κ2) is 6.00. The second-order valence-electron chi connectivity index (χ2n) is 5.25. The van der Waals surface area contributed by atoms with Crippen LogP contribution in [0.15, 0.2) is 24.3 Å². The standard InChI is InChI=1S/C14H19N3O3/c1-10(11-3-6-13(7-4-11)17(19)20)15-12-5-8-14(18)16(2)9-12/h3-4,6-7,10,12,15H,5,8-9H2,1-2H3. The molecule has 6 nitrogen and oxygen atoms in total. The molecule has 0 aliphatic carbocycles. The van der Waals surface area contributed by atoms with Crippen LogP contribution in [-0.4, -0.2) is 35.4 Å². The van der Waals surface area contributed by atoms with Crippen LogP contribution in [0.5, 0.6) is 0 Å². The molecule has 6 heteroatoms. The summed E-state index contributed by atoms with van der Waals surface area (Å²) in [5.41, 5.74) is 1.11. The number of likely N-dealkylation sites (N-methyl/N-ethyl adjacent to an activating group) is 1. The van der Waals surface area contributed by atoms with E-state index in [0.29, 0.717) is 13.0 Å². The summed E-state index contributed by atoms with van der Waals surface area (Å²) in [6, 6.07) is 6.94. The van der Waals surface area contributed by atoms with Gasteiger partial charge in [-0.15, -0.1) is 0 Å². The maximum Gasteiger partial charge on any atom is 0.269 e. The zero-order valence-electron chi connectivity index (χ0n) is 11.7. The van der Waals surface area contributed by atoms with E-state index >= 15 is 0 Å². The van der Waals surface area contributed by atoms with E-state index in [2.05, 4.69) is 5.32 Å². The van der Waals surface area contributed by atoms with E-state index < -0.39 is 4.92 Å². The van der Waals surface area contributed by atoms with Crippen molar-refractivity contribution < 1.29 is 9.72 Å². The molecule has 1 N–H and O–H groups in total. The molecule has 0 aromatic heterocycles. The van der Waals surface area contributed by atoms with E-state index in [1.54, 1.807) is 17.0 Å². The first-order valence-corrected chi connectivity index (χ1v) is 6.71. The maximum absolute atomic E-state index is 11.4. The second-order valence-corrected chi connectivity index (χ2v) is 5.25. The number of carbonyl (C=O) groups is 1. The largest absolute Gasteiger partial charge is 0.344 e. The lowest BCUT2D eigenvalue weighted by molar-refractivity contribution is -0.384. The fourth-order valence-corrected chi connectivity index (χ4v) is 2.48. The van der Waals surface area contributed by atoms with Crippen LogP contribution in [0, 0.1) is 10.1 Å². The Morgan fingerprint density at radius 1 is 1.40 bits per heavy atom. The van der Waals surface area contributed by atoms with Gasteiger partial charge in [-0.25, -0.2) is 0 Å². The number of carbonyl (C=O) groups excluding carboxylic acids is 1. The van der Waals surface area contributed by atoms with E-state index in [1.807, 2.05) is 14.0 Å². The van der Waals surface area contributed by atoms with Gasteiger partial charge >= 0.3 is 0 Å². The van der Waals surface area contributed by atoms with Crippen molar-refractivity contribution in [1.29, 1.82) is 0 Å². The van der Waals surface area contributed by atoms with Crippen LogP contribution in [0.4, 0.5) is 5.69 Å². The van der Waals surface area contributed by atoms with Gasteiger partial charge in [0.05, 0.1) is 4.92 Å². The van der Waals surface area contributed by atoms with Crippen molar-refractivity contribution >= 4 is 11.6 Å². The van der Waals surface area contributed by atoms with Gasteiger partial charge in [0, 0.05) is 44.2 Å². The molecule has 0 saturated carbocycles. The Balaban J connectivity index is 1.96. The minimum Gasteiger partial charge on any atom is -0.344 e. The van der Waals surface area contributed by atoms with Crippen LogP contribution in [0.2, 0.25) is 0 Å². The van der Waals surface area contributed by atoms with E-state index in [4.69, 9.17) is 0 Å². The minimum absolute atomic E-state index is 0.0995. The van der Waals surface area contributed by atoms with Crippen LogP contribution in [0.3, 0.4) is 0 Å². The SMILES string of the molecule is CC(NC1CCC(=O)N(C)C1)c1ccc([N+](=O)[O-])cc1. The third kappa shape index (κ3) is 3.33. The van der Waals surface area contributed by atoms with Crippen molar-refractivity contribution in [2.45, 2.75) is 31.8 Å². The fraction of sp³-hybridized carbons (Fsp3) is 0.500. The molecule has 2 atom stereocenters. The summed E-state index contributed by atoms with van der Waals surface area (Å²) in [4.78, 5) is 23.4. The average molecular weight is 277 g/mol. The predicted molar refractivity (Wildman–Crippen MR) is 75.3 cm³/mol. The van der Waals surface area contributed by atoms with E-state index in [1.165, 1.54) is 12.1 Å². The highest BCUT2D eigenvalue weighted by Crippen LogP contribution is 2.19. The highest BCUT2D eigenvalue weighted by molar-refractivity contribution is 5.76. The molecule has 1 aromatic rings. The summed E-state index contributed by atoms with van der Waals surface area (Å²) in [5.74, 6) is 0.186. The Labute approximate surface area is 117 Å². The van der Waals surface area contributed by atoms with Gasteiger partial charge in [-0.3, -0.25) is 14.9 Å². The van der Waals surface area contributed by atoms with Gasteiger partial charge < -0.3 is 10.2 Å². The number of benzene rings is 1. The molecule has 1 heterocycles. The van der Waals surface area contributed by atoms with Gasteiger partial charge in [0.25, 0.3) is 5.69 Å². The predicted octanol–water partition coefficient (Wildman–Crippen LogP) is 1.87. The lowest BCUT2D eigenvalue weighted by Gasteiger charge is -2.32. The number of piperidine rings is 1. The highest BCUT2D eigenvalue weighted by atomic mass is 16.6. The normalized spacial score (nSPS) is 20.8. The molecule has 0 bridgehead atoms. The quantitative estimate of drug-likeness (QED) is 0.673. The summed E-state index contributed by atoms with van der Waals surface area (Å²) >= 11 is 0. The molecule has 1 fully saturated rings. The van der Waals surface area contributed by atoms with Crippen molar-refractivity contribution in [1.82, 2.24) is 10.2 Å². The summed E-state index contributed by atoms with van der Waals surface area (Å²) in [6.07, 6.45) is 1.40. The zero-order valence-corrected chi connectivity index (χ0v) is 11.7. The summed E-state index contributed by atoms with van der Waals surface area (Å²) in [5, 5.41) is 14.1. The number of nitro benzene ring substituents is 1. The molecule has 1 aromatic carbocycles. The average Bonchev–Trinajstić information content (AvgIpc) is 2.43. The topological polar surface area (TPSA) is 75.5 Å². The zero-order chi connectivity index (χ0) is 14.7. The number of nitro groups is 1. The van der Waals surface area contributed by atoms with Crippen molar-refractivity contribution in [2.24, 2.45) is 0 Å². The number of hydrogen-bond donors (Lipinski definition) is 1. The lowest BCUT2D eigenvalue weighted by Crippen LogP contribution is -2.47. The van der Waals surface area contributed by atoms with Gasteiger partial charge in [0.15, 0.2) is 0 Å². The van der Waals surface area contributed by atoms with E-state index in [-0.39, 0.29) is 23.7 Å². The summed E-state index contributed by atoms with van der Waals surface area (Å²) in [6.45, 7) is 2.73. The van der Waals surface area contributed by atoms with Crippen molar-refractivity contribution in [3.05, 3.63) is 39.9 Å². The molecular weight excluding hydrogens is 258 g/mol. The molecule has 0 radical (unpaired) electrons. The molecule has 2 unspecified atom stereocenters. The first-order chi connectivity index (χ1) is 9.47. The Morgan fingerprint density at radius 3 is 2.60 bits per heavy atom. The van der Waals surface area contributed by atoms with Crippen molar-refractivity contribution in [2.75, 3.05) is 13.6 Å². The first kappa shape index (κ1) is 14.5. The molecule has 2 rings (SSSR count). The maximum atomic E-state index is 11.4. The highest BCUT2D eigenvalue weighted by Gasteiger charge is 2.24. The number of amides is 1. The molecule has 108 valence electrons. The number of nitrogens with one attached hydrogen (secondary N) is 1. The minimum atomic E-state index is -0.399. The third-order valence-corrected chi connectivity index (χ3v) is 3.72. The van der Waals surface area contributed by atoms with E-state index in [9.17, 15) is 14.9 Å². The Morgan fingerprint density at radius 2 is 2.05 bits per heavy atom. The van der Waals surface area contributed by atoms with Crippen LogP contribution >= 0.6 is 0 Å². The summed E-state index contributed by atoms with van der Waals surface area (Å²) in [7, 11) is 1.81. The lowest BCUT2D eigenvalue weighted by atomic mass is 10.0. The third-order valence-electron chi connectivity index (χ3n) is 3.72. The number of hydrogen-bond acceptors (Lipinski definition) is 4. The fourth-order valence-electron chi connectivity index (χ4n) is 2.48. The Kier molecular flexibility index (Phi) is 4.34. The molecule has 0 spiro atoms. The molecule has 1 aliphatic rings.